The van der Waals surface area contributed by atoms with Crippen LogP contribution in [0.1, 0.15) is 6.42 Å². The van der Waals surface area contributed by atoms with Crippen LogP contribution in [0.3, 0.4) is 0 Å². The molecule has 0 bridgehead atoms. The van der Waals surface area contributed by atoms with Gasteiger partial charge in [0, 0.05) is 5.92 Å². The molecular formula is C7H13F2N. The molecule has 0 aromatic heterocycles. The van der Waals surface area contributed by atoms with Gasteiger partial charge in [-0.1, -0.05) is 0 Å². The molecule has 1 N–H and O–H groups in total. The number of alkyl halides is 2. The highest BCUT2D eigenvalue weighted by atomic mass is 19.1. The fourth-order valence-electron chi connectivity index (χ4n) is 1.37. The van der Waals surface area contributed by atoms with Crippen molar-refractivity contribution in [1.29, 1.82) is 0 Å². The molecule has 10 heavy (non-hydrogen) atoms. The van der Waals surface area contributed by atoms with Crippen molar-refractivity contribution in [3.8, 4) is 0 Å². The lowest BCUT2D eigenvalue weighted by Crippen LogP contribution is -2.21. The molecule has 0 aromatic rings. The van der Waals surface area contributed by atoms with Crippen LogP contribution < -0.4 is 5.32 Å². The second kappa shape index (κ2) is 3.86. The number of hydrogen-bond donors (Lipinski definition) is 1. The Kier molecular flexibility index (Phi) is 3.06. The first-order chi connectivity index (χ1) is 4.88. The van der Waals surface area contributed by atoms with Crippen LogP contribution in [0, 0.1) is 11.8 Å². The van der Waals surface area contributed by atoms with Gasteiger partial charge in [-0.2, -0.15) is 0 Å². The maximum Gasteiger partial charge on any atom is 0.0950 e. The minimum absolute atomic E-state index is 0.231. The van der Waals surface area contributed by atoms with Gasteiger partial charge in [0.1, 0.15) is 0 Å². The molecule has 1 nitrogen and oxygen atoms in total. The van der Waals surface area contributed by atoms with E-state index >= 15 is 0 Å². The van der Waals surface area contributed by atoms with E-state index in [2.05, 4.69) is 5.32 Å². The summed E-state index contributed by atoms with van der Waals surface area (Å²) in [5.41, 5.74) is 0. The molecule has 1 atom stereocenters. The molecule has 0 amide bonds. The average Bonchev–Trinajstić information content (AvgIpc) is 2.43. The first-order valence-electron chi connectivity index (χ1n) is 3.71. The molecule has 0 radical (unpaired) electrons. The van der Waals surface area contributed by atoms with Gasteiger partial charge in [0.25, 0.3) is 0 Å². The SMILES string of the molecule is FCC(CF)C1CCNC1. The van der Waals surface area contributed by atoms with Crippen LogP contribution in [-0.4, -0.2) is 26.4 Å². The van der Waals surface area contributed by atoms with Crippen molar-refractivity contribution >= 4 is 0 Å². The van der Waals surface area contributed by atoms with Gasteiger partial charge in [-0.05, 0) is 25.4 Å². The van der Waals surface area contributed by atoms with E-state index in [0.29, 0.717) is 0 Å². The van der Waals surface area contributed by atoms with E-state index in [-0.39, 0.29) is 11.8 Å². The lowest BCUT2D eigenvalue weighted by molar-refractivity contribution is 0.220. The van der Waals surface area contributed by atoms with Crippen LogP contribution in [0.4, 0.5) is 8.78 Å². The van der Waals surface area contributed by atoms with E-state index in [4.69, 9.17) is 0 Å². The zero-order valence-corrected chi connectivity index (χ0v) is 5.95. The topological polar surface area (TPSA) is 12.0 Å². The zero-order valence-electron chi connectivity index (χ0n) is 5.95. The van der Waals surface area contributed by atoms with Gasteiger partial charge in [0.15, 0.2) is 0 Å². The molecule has 0 spiro atoms. The van der Waals surface area contributed by atoms with Crippen molar-refractivity contribution in [3.05, 3.63) is 0 Å². The summed E-state index contributed by atoms with van der Waals surface area (Å²) in [7, 11) is 0. The highest BCUT2D eigenvalue weighted by molar-refractivity contribution is 4.77. The third kappa shape index (κ3) is 1.66. The first-order valence-corrected chi connectivity index (χ1v) is 3.71. The van der Waals surface area contributed by atoms with Crippen molar-refractivity contribution in [1.82, 2.24) is 5.32 Å². The first kappa shape index (κ1) is 7.92. The Balaban J connectivity index is 2.29. The molecule has 1 unspecified atom stereocenters. The van der Waals surface area contributed by atoms with Crippen molar-refractivity contribution < 1.29 is 8.78 Å². The van der Waals surface area contributed by atoms with Gasteiger partial charge < -0.3 is 5.32 Å². The van der Waals surface area contributed by atoms with Crippen LogP contribution >= 0.6 is 0 Å². The van der Waals surface area contributed by atoms with E-state index < -0.39 is 13.3 Å². The number of hydrogen-bond acceptors (Lipinski definition) is 1. The predicted octanol–water partition coefficient (Wildman–Crippen LogP) is 1.15. The van der Waals surface area contributed by atoms with E-state index in [1.807, 2.05) is 0 Å². The molecule has 0 aromatic carbocycles. The number of halogens is 2. The standard InChI is InChI=1S/C7H13F2N/c8-3-7(4-9)6-1-2-10-5-6/h6-7,10H,1-5H2. The Labute approximate surface area is 59.8 Å². The fourth-order valence-corrected chi connectivity index (χ4v) is 1.37. The van der Waals surface area contributed by atoms with E-state index in [0.717, 1.165) is 19.5 Å². The number of nitrogens with one attached hydrogen (secondary N) is 1. The molecule has 1 saturated heterocycles. The highest BCUT2D eigenvalue weighted by Crippen LogP contribution is 2.19. The number of rotatable bonds is 3. The summed E-state index contributed by atoms with van der Waals surface area (Å²) in [4.78, 5) is 0. The van der Waals surface area contributed by atoms with Crippen molar-refractivity contribution in [2.45, 2.75) is 6.42 Å². The van der Waals surface area contributed by atoms with E-state index in [9.17, 15) is 8.78 Å². The van der Waals surface area contributed by atoms with Gasteiger partial charge in [-0.25, -0.2) is 0 Å². The van der Waals surface area contributed by atoms with Gasteiger partial charge in [0.05, 0.1) is 13.3 Å². The molecule has 0 saturated carbocycles. The van der Waals surface area contributed by atoms with Crippen molar-refractivity contribution in [2.24, 2.45) is 11.8 Å². The van der Waals surface area contributed by atoms with Gasteiger partial charge in [-0.15, -0.1) is 0 Å². The zero-order chi connectivity index (χ0) is 7.40. The predicted molar refractivity (Wildman–Crippen MR) is 36.4 cm³/mol. The van der Waals surface area contributed by atoms with Crippen LogP contribution in [0.15, 0.2) is 0 Å². The Morgan fingerprint density at radius 2 is 2.10 bits per heavy atom. The highest BCUT2D eigenvalue weighted by Gasteiger charge is 2.24. The van der Waals surface area contributed by atoms with Gasteiger partial charge in [0.2, 0.25) is 0 Å². The molecule has 1 aliphatic rings. The quantitative estimate of drug-likeness (QED) is 0.634. The molecule has 1 aliphatic heterocycles. The molecule has 1 heterocycles. The summed E-state index contributed by atoms with van der Waals surface area (Å²) in [6.45, 7) is 0.686. The third-order valence-corrected chi connectivity index (χ3v) is 2.16. The summed E-state index contributed by atoms with van der Waals surface area (Å²) in [6.07, 6.45) is 0.929. The lowest BCUT2D eigenvalue weighted by atomic mass is 9.94. The summed E-state index contributed by atoms with van der Waals surface area (Å²) >= 11 is 0. The maximum atomic E-state index is 12.0. The minimum Gasteiger partial charge on any atom is -0.316 e. The normalized spacial score (nSPS) is 26.1. The van der Waals surface area contributed by atoms with Gasteiger partial charge in [-0.3, -0.25) is 8.78 Å². The lowest BCUT2D eigenvalue weighted by Gasteiger charge is -2.14. The molecule has 1 fully saturated rings. The maximum absolute atomic E-state index is 12.0. The molecule has 60 valence electrons. The summed E-state index contributed by atoms with van der Waals surface area (Å²) in [6, 6.07) is 0. The summed E-state index contributed by atoms with van der Waals surface area (Å²) in [5.74, 6) is -0.120. The third-order valence-electron chi connectivity index (χ3n) is 2.16. The van der Waals surface area contributed by atoms with Crippen LogP contribution in [0.5, 0.6) is 0 Å². The largest absolute Gasteiger partial charge is 0.316 e. The fraction of sp³-hybridized carbons (Fsp3) is 1.00. The Morgan fingerprint density at radius 3 is 2.50 bits per heavy atom. The van der Waals surface area contributed by atoms with E-state index in [1.165, 1.54) is 0 Å². The van der Waals surface area contributed by atoms with Crippen molar-refractivity contribution in [2.75, 3.05) is 26.4 Å². The van der Waals surface area contributed by atoms with Crippen LogP contribution in [0.25, 0.3) is 0 Å². The van der Waals surface area contributed by atoms with Crippen LogP contribution in [-0.2, 0) is 0 Å². The molecular weight excluding hydrogens is 136 g/mol. The minimum atomic E-state index is -0.511. The second-order valence-electron chi connectivity index (χ2n) is 2.82. The summed E-state index contributed by atoms with van der Waals surface area (Å²) < 4.78 is 24.1. The van der Waals surface area contributed by atoms with Crippen molar-refractivity contribution in [3.63, 3.8) is 0 Å². The second-order valence-corrected chi connectivity index (χ2v) is 2.82. The smallest absolute Gasteiger partial charge is 0.0950 e. The summed E-state index contributed by atoms with van der Waals surface area (Å²) in [5, 5.41) is 3.09. The van der Waals surface area contributed by atoms with Gasteiger partial charge >= 0.3 is 0 Å². The Morgan fingerprint density at radius 1 is 1.40 bits per heavy atom. The Bertz CT molecular complexity index is 87.6. The van der Waals surface area contributed by atoms with Crippen LogP contribution in [0.2, 0.25) is 0 Å². The monoisotopic (exact) mass is 149 g/mol. The average molecular weight is 149 g/mol. The Hall–Kier alpha value is -0.180. The molecule has 3 heteroatoms. The van der Waals surface area contributed by atoms with E-state index in [1.54, 1.807) is 0 Å². The molecule has 0 aliphatic carbocycles. The molecule has 1 rings (SSSR count).